The fourth-order valence-electron chi connectivity index (χ4n) is 14.5. The minimum Gasteiger partial charge on any atom is -0.481 e. The number of unbranched alkanes of at least 4 members (excludes halogenated alkanes) is 3. The van der Waals surface area contributed by atoms with Crippen molar-refractivity contribution >= 4 is 104 Å². The minimum absolute atomic E-state index is 0.0394. The lowest BCUT2D eigenvalue weighted by Gasteiger charge is -2.28. The Bertz CT molecular complexity index is 4860. The van der Waals surface area contributed by atoms with Crippen molar-refractivity contribution in [1.82, 2.24) is 75.5 Å². The summed E-state index contributed by atoms with van der Waals surface area (Å²) in [6.45, 7) is 26.9. The molecule has 3 aliphatic heterocycles. The lowest BCUT2D eigenvalue weighted by Crippen LogP contribution is -2.41. The summed E-state index contributed by atoms with van der Waals surface area (Å²) in [4.78, 5) is 119. The molecule has 0 unspecified atom stereocenters. The maximum absolute atomic E-state index is 13.2. The molecule has 0 saturated heterocycles. The number of carbonyl (C=O) groups is 6. The average Bonchev–Trinajstić information content (AvgIpc) is 0.862. The van der Waals surface area contributed by atoms with Crippen LogP contribution in [0.4, 0.5) is 23.3 Å². The number of nitrogens with one attached hydrogen (secondary N) is 7. The lowest BCUT2D eigenvalue weighted by molar-refractivity contribution is -0.157. The van der Waals surface area contributed by atoms with E-state index in [-0.39, 0.29) is 29.7 Å². The van der Waals surface area contributed by atoms with Crippen molar-refractivity contribution in [2.24, 2.45) is 11.7 Å². The number of anilines is 4. The largest absolute Gasteiger partial charge is 0.481 e. The molecule has 3 amide bonds. The molecule has 0 saturated carbocycles. The number of carbonyl (C=O) groups excluding carboxylic acids is 5. The highest BCUT2D eigenvalue weighted by molar-refractivity contribution is 6.29. The summed E-state index contributed by atoms with van der Waals surface area (Å²) in [5, 5.41) is 32.4. The van der Waals surface area contributed by atoms with Crippen LogP contribution in [0.5, 0.6) is 0 Å². The summed E-state index contributed by atoms with van der Waals surface area (Å²) in [5.74, 6) is 1.41. The van der Waals surface area contributed by atoms with Crippen LogP contribution in [-0.2, 0) is 83.2 Å². The molecule has 123 heavy (non-hydrogen) atoms. The van der Waals surface area contributed by atoms with Crippen LogP contribution in [-0.4, -0.2) is 222 Å². The van der Waals surface area contributed by atoms with Crippen molar-refractivity contribution < 1.29 is 43.3 Å². The first-order valence-electron chi connectivity index (χ1n) is 43.7. The van der Waals surface area contributed by atoms with Crippen molar-refractivity contribution in [3.05, 3.63) is 172 Å². The Balaban J connectivity index is 0.000000198. The van der Waals surface area contributed by atoms with Crippen molar-refractivity contribution in [1.29, 1.82) is 0 Å². The number of aryl methyl sites for hydroxylation is 6. The molecule has 6 aromatic heterocycles. The highest BCUT2D eigenvalue weighted by Crippen LogP contribution is 2.26. The second-order valence-electron chi connectivity index (χ2n) is 33.6. The molecule has 0 fully saturated rings. The van der Waals surface area contributed by atoms with Crippen molar-refractivity contribution in [2.45, 2.75) is 208 Å². The van der Waals surface area contributed by atoms with E-state index in [2.05, 4.69) is 118 Å². The van der Waals surface area contributed by atoms with Crippen LogP contribution >= 0.6 is 11.6 Å². The quantitative estimate of drug-likeness (QED) is 0.0127. The molecule has 662 valence electrons. The molecular formula is C93H129ClN20O9. The van der Waals surface area contributed by atoms with Crippen LogP contribution in [0.1, 0.15) is 179 Å². The number of hydrogen-bond donors (Lipinski definition) is 9. The van der Waals surface area contributed by atoms with Crippen molar-refractivity contribution in [3.63, 3.8) is 0 Å². The van der Waals surface area contributed by atoms with Gasteiger partial charge in [0.15, 0.2) is 0 Å². The Morgan fingerprint density at radius 2 is 0.829 bits per heavy atom. The van der Waals surface area contributed by atoms with Gasteiger partial charge in [0.1, 0.15) is 51.7 Å². The van der Waals surface area contributed by atoms with Gasteiger partial charge in [-0.15, -0.1) is 0 Å². The number of nitrogens with two attached hydrogens (primary N) is 1. The number of carboxylic acid groups (broad SMARTS) is 1. The fraction of sp³-hybridized carbons (Fsp3) is 0.516. The van der Waals surface area contributed by atoms with Gasteiger partial charge in [-0.1, -0.05) is 66.2 Å². The Kier molecular flexibility index (Phi) is 39.2. The topological polar surface area (TPSA) is 377 Å². The number of amides is 3. The molecule has 30 heteroatoms. The highest BCUT2D eigenvalue weighted by Gasteiger charge is 2.28. The predicted molar refractivity (Wildman–Crippen MR) is 487 cm³/mol. The van der Waals surface area contributed by atoms with Gasteiger partial charge in [0.2, 0.25) is 17.7 Å². The molecule has 9 heterocycles. The van der Waals surface area contributed by atoms with E-state index in [9.17, 15) is 33.9 Å². The zero-order chi connectivity index (χ0) is 87.9. The fourth-order valence-corrected chi connectivity index (χ4v) is 14.7. The summed E-state index contributed by atoms with van der Waals surface area (Å²) >= 11 is 5.65. The van der Waals surface area contributed by atoms with Crippen LogP contribution in [0.3, 0.4) is 0 Å². The van der Waals surface area contributed by atoms with E-state index in [4.69, 9.17) is 41.8 Å². The molecule has 0 spiro atoms. The number of carboxylic acids is 1. The molecule has 0 bridgehead atoms. The van der Waals surface area contributed by atoms with Crippen LogP contribution < -0.4 is 43.0 Å². The number of esters is 2. The SMILES string of the molecule is CC(=O)NCCN(CCCCc1ccc2c(n1)NCCC2)CC[C@H](Cc1cnc2ccccc2n1)C(=O)O.CC(=O)NCCN(CCCCc1ccc2c(n1)NCCC2)CC[C@H](N)C(=O)OC(C)(C)C.CC(=O)NCCN(CCCCc1ccc2c(n1)NCCC2)CC[C@H](Nc1cnc2ccccc2n1)C(=O)OC(C)(C)C.Clc1cnc2ccccc2n1. The lowest BCUT2D eigenvalue weighted by atomic mass is 9.99. The molecule has 3 atom stereocenters. The van der Waals surface area contributed by atoms with E-state index >= 15 is 0 Å². The molecule has 10 N–H and O–H groups in total. The van der Waals surface area contributed by atoms with E-state index in [1.54, 1.807) is 18.6 Å². The standard InChI is InChI=1S/C32H45N7O3.C29H38N6O3.C24H41N5O3.C8H5ClN2/c1-23(40)33-18-21-39(19-8-7-11-25-15-14-24-10-9-17-34-30(24)36-25)20-16-28(31(41)42-32(2,3)4)38-29-22-35-26-12-5-6-13-27(26)37-29;1-21(36)30-15-18-35(16-5-4-8-24-12-11-22-7-6-14-31-28(22)34-24)17-13-23(29(37)38)19-25-20-32-26-9-2-3-10-27(26)33-25;1-18(30)26-14-17-29(16-12-21(25)23(31)32-24(2,3)4)15-6-5-9-20-11-10-19-8-7-13-27-22(19)28-20;9-8-5-10-6-3-1-2-4-7(6)11-8/h5-6,12-15,22,28H,7-11,16-21H2,1-4H3,(H,33,40)(H,34,36)(H,37,38);2-3,9-12,20,23H,4-8,13-19H2,1H3,(H,30,36)(H,31,34)(H,37,38);10-11,21H,5-9,12-17,25H2,1-4H3,(H,26,30)(H,27,28);1-5H/t28-;23-;21-;/m010./s1. The summed E-state index contributed by atoms with van der Waals surface area (Å²) in [7, 11) is 0. The molecule has 0 radical (unpaired) electrons. The molecular weight excluding hydrogens is 1580 g/mol. The third kappa shape index (κ3) is 35.6. The Morgan fingerprint density at radius 1 is 0.447 bits per heavy atom. The average molecular weight is 1710 g/mol. The monoisotopic (exact) mass is 1700 g/mol. The number of hydrogen-bond acceptors (Lipinski definition) is 25. The zero-order valence-electron chi connectivity index (χ0n) is 73.4. The van der Waals surface area contributed by atoms with E-state index in [0.717, 1.165) is 203 Å². The Hall–Kier alpha value is -10.7. The third-order valence-corrected chi connectivity index (χ3v) is 21.1. The van der Waals surface area contributed by atoms with Crippen LogP contribution in [0.2, 0.25) is 5.15 Å². The number of aliphatic carboxylic acids is 1. The smallest absolute Gasteiger partial charge is 0.329 e. The molecule has 0 aliphatic carbocycles. The summed E-state index contributed by atoms with van der Waals surface area (Å²) in [6, 6.07) is 34.6. The number of nitrogens with zero attached hydrogens (tertiary/aromatic N) is 12. The van der Waals surface area contributed by atoms with Crippen molar-refractivity contribution in [2.75, 3.05) is 119 Å². The molecule has 3 aromatic carbocycles. The van der Waals surface area contributed by atoms with Gasteiger partial charge in [-0.2, -0.15) is 0 Å². The van der Waals surface area contributed by atoms with E-state index < -0.39 is 35.2 Å². The first-order chi connectivity index (χ1) is 59.1. The molecule has 3 aliphatic rings. The number of benzene rings is 3. The number of aromatic nitrogens is 9. The number of fused-ring (bicyclic) bond motifs is 6. The minimum atomic E-state index is -0.825. The number of ether oxygens (including phenoxy) is 2. The molecule has 9 aromatic rings. The van der Waals surface area contributed by atoms with Gasteiger partial charge in [-0.25, -0.2) is 34.7 Å². The van der Waals surface area contributed by atoms with E-state index in [1.165, 1.54) is 43.9 Å². The maximum atomic E-state index is 13.2. The van der Waals surface area contributed by atoms with Crippen LogP contribution in [0, 0.1) is 5.92 Å². The summed E-state index contributed by atoms with van der Waals surface area (Å²) in [5.41, 5.74) is 17.7. The summed E-state index contributed by atoms with van der Waals surface area (Å²) < 4.78 is 11.1. The first-order valence-corrected chi connectivity index (χ1v) is 44.1. The maximum Gasteiger partial charge on any atom is 0.329 e. The van der Waals surface area contributed by atoms with E-state index in [1.807, 2.05) is 114 Å². The van der Waals surface area contributed by atoms with Gasteiger partial charge < -0.3 is 72.2 Å². The normalized spacial score (nSPS) is 13.6. The van der Waals surface area contributed by atoms with Gasteiger partial charge in [-0.3, -0.25) is 38.9 Å². The number of halogens is 1. The van der Waals surface area contributed by atoms with Crippen LogP contribution in [0.15, 0.2) is 128 Å². The first kappa shape index (κ1) is 96.1. The van der Waals surface area contributed by atoms with Gasteiger partial charge in [-0.05, 0) is 255 Å². The van der Waals surface area contributed by atoms with Crippen LogP contribution in [0.25, 0.3) is 33.1 Å². The number of para-hydroxylation sites is 6. The predicted octanol–water partition coefficient (Wildman–Crippen LogP) is 12.4. The van der Waals surface area contributed by atoms with Gasteiger partial charge in [0.25, 0.3) is 0 Å². The molecule has 12 rings (SSSR count). The summed E-state index contributed by atoms with van der Waals surface area (Å²) in [6.07, 6.45) is 22.3. The van der Waals surface area contributed by atoms with E-state index in [0.29, 0.717) is 94.7 Å². The van der Waals surface area contributed by atoms with Crippen molar-refractivity contribution in [3.8, 4) is 0 Å². The second kappa shape index (κ2) is 50.1. The molecule has 29 nitrogen and oxygen atoms in total. The van der Waals surface area contributed by atoms with Gasteiger partial charge >= 0.3 is 17.9 Å². The number of rotatable bonds is 40. The van der Waals surface area contributed by atoms with Gasteiger partial charge in [0.05, 0.1) is 57.1 Å². The second-order valence-corrected chi connectivity index (χ2v) is 34.0. The third-order valence-electron chi connectivity index (χ3n) is 20.9. The highest BCUT2D eigenvalue weighted by atomic mass is 35.5. The van der Waals surface area contributed by atoms with Gasteiger partial charge in [0, 0.05) is 122 Å². The Morgan fingerprint density at radius 3 is 1.25 bits per heavy atom. The zero-order valence-corrected chi connectivity index (χ0v) is 74.2. The number of pyridine rings is 3. The Labute approximate surface area is 729 Å².